The zero-order valence-corrected chi connectivity index (χ0v) is 15.7. The number of carbonyl (C=O) groups excluding carboxylic acids is 1. The van der Waals surface area contributed by atoms with Gasteiger partial charge in [-0.1, -0.05) is 37.3 Å². The van der Waals surface area contributed by atoms with Gasteiger partial charge in [0, 0.05) is 17.6 Å². The topological polar surface area (TPSA) is 68.0 Å². The Kier molecular flexibility index (Phi) is 4.64. The molecule has 0 saturated carbocycles. The first kappa shape index (κ1) is 17.0. The lowest BCUT2D eigenvalue weighted by Crippen LogP contribution is -2.25. The Labute approximate surface area is 157 Å². The van der Waals surface area contributed by atoms with E-state index in [4.69, 9.17) is 10.7 Å². The first-order valence-electron chi connectivity index (χ1n) is 9.14. The summed E-state index contributed by atoms with van der Waals surface area (Å²) >= 11 is 1.40. The molecule has 1 amide bonds. The maximum atomic E-state index is 12.6. The van der Waals surface area contributed by atoms with Crippen molar-refractivity contribution >= 4 is 33.1 Å². The standard InChI is InChI=1S/C21H23N3OS/c1-13-7-8-17-15(11-13)12-16-18(22)19(26-21(16)24-17)20(25)23-10-9-14-5-3-2-4-6-14/h2-6,12-13H,7-11,22H2,1H3,(H,23,25). The molecular formula is C21H23N3OS. The minimum absolute atomic E-state index is 0.104. The zero-order valence-electron chi connectivity index (χ0n) is 14.9. The molecule has 0 aliphatic heterocycles. The Morgan fingerprint density at radius 3 is 2.96 bits per heavy atom. The van der Waals surface area contributed by atoms with Crippen LogP contribution in [0.2, 0.25) is 0 Å². The number of carbonyl (C=O) groups is 1. The van der Waals surface area contributed by atoms with Gasteiger partial charge in [0.1, 0.15) is 9.71 Å². The summed E-state index contributed by atoms with van der Waals surface area (Å²) in [6.07, 6.45) is 4.05. The quantitative estimate of drug-likeness (QED) is 0.735. The molecule has 2 heterocycles. The molecule has 0 spiro atoms. The van der Waals surface area contributed by atoms with E-state index >= 15 is 0 Å². The summed E-state index contributed by atoms with van der Waals surface area (Å²) in [5.74, 6) is 0.579. The number of benzene rings is 1. The van der Waals surface area contributed by atoms with Crippen LogP contribution in [0.3, 0.4) is 0 Å². The van der Waals surface area contributed by atoms with Gasteiger partial charge in [-0.15, -0.1) is 11.3 Å². The largest absolute Gasteiger partial charge is 0.397 e. The number of nitrogen functional groups attached to an aromatic ring is 1. The van der Waals surface area contributed by atoms with Gasteiger partial charge in [0.25, 0.3) is 5.91 Å². The third-order valence-corrected chi connectivity index (χ3v) is 6.19. The molecule has 4 nitrogen and oxygen atoms in total. The van der Waals surface area contributed by atoms with Crippen molar-refractivity contribution in [1.82, 2.24) is 10.3 Å². The number of aryl methyl sites for hydroxylation is 1. The summed E-state index contributed by atoms with van der Waals surface area (Å²) in [4.78, 5) is 18.8. The Balaban J connectivity index is 1.52. The molecule has 3 N–H and O–H groups in total. The minimum Gasteiger partial charge on any atom is -0.397 e. The van der Waals surface area contributed by atoms with Crippen molar-refractivity contribution in [2.24, 2.45) is 5.92 Å². The van der Waals surface area contributed by atoms with E-state index in [0.29, 0.717) is 23.0 Å². The summed E-state index contributed by atoms with van der Waals surface area (Å²) in [6.45, 7) is 2.87. The van der Waals surface area contributed by atoms with Gasteiger partial charge in [-0.05, 0) is 48.8 Å². The van der Waals surface area contributed by atoms with Crippen LogP contribution in [-0.4, -0.2) is 17.4 Å². The summed E-state index contributed by atoms with van der Waals surface area (Å²) in [6, 6.07) is 12.3. The Morgan fingerprint density at radius 1 is 1.35 bits per heavy atom. The van der Waals surface area contributed by atoms with Crippen molar-refractivity contribution in [3.8, 4) is 0 Å². The highest BCUT2D eigenvalue weighted by atomic mass is 32.1. The molecular weight excluding hydrogens is 342 g/mol. The lowest BCUT2D eigenvalue weighted by atomic mass is 9.87. The van der Waals surface area contributed by atoms with Gasteiger partial charge in [-0.2, -0.15) is 0 Å². The van der Waals surface area contributed by atoms with Gasteiger partial charge in [0.05, 0.1) is 5.69 Å². The number of hydrogen-bond acceptors (Lipinski definition) is 4. The molecule has 5 heteroatoms. The second-order valence-electron chi connectivity index (χ2n) is 7.13. The smallest absolute Gasteiger partial charge is 0.263 e. The SMILES string of the molecule is CC1CCc2nc3sc(C(=O)NCCc4ccccc4)c(N)c3cc2C1. The molecule has 1 aromatic carbocycles. The lowest BCUT2D eigenvalue weighted by molar-refractivity contribution is 0.0959. The third-order valence-electron chi connectivity index (χ3n) is 5.08. The third kappa shape index (κ3) is 3.31. The maximum absolute atomic E-state index is 12.6. The molecule has 4 rings (SSSR count). The first-order chi connectivity index (χ1) is 12.6. The number of nitrogens with one attached hydrogen (secondary N) is 1. The Hall–Kier alpha value is -2.40. The molecule has 0 saturated heterocycles. The summed E-state index contributed by atoms with van der Waals surface area (Å²) < 4.78 is 0. The highest BCUT2D eigenvalue weighted by Gasteiger charge is 2.22. The van der Waals surface area contributed by atoms with Crippen LogP contribution in [0.15, 0.2) is 36.4 Å². The first-order valence-corrected chi connectivity index (χ1v) is 9.96. The molecule has 0 radical (unpaired) electrons. The van der Waals surface area contributed by atoms with Gasteiger partial charge in [0.15, 0.2) is 0 Å². The zero-order chi connectivity index (χ0) is 18.1. The van der Waals surface area contributed by atoms with Gasteiger partial charge in [-0.3, -0.25) is 4.79 Å². The number of amides is 1. The predicted octanol–water partition coefficient (Wildman–Crippen LogP) is 3.98. The molecule has 26 heavy (non-hydrogen) atoms. The van der Waals surface area contributed by atoms with E-state index in [0.717, 1.165) is 29.5 Å². The molecule has 1 aliphatic rings. The van der Waals surface area contributed by atoms with E-state index in [2.05, 4.69) is 30.4 Å². The number of nitrogens with two attached hydrogens (primary N) is 1. The fraction of sp³-hybridized carbons (Fsp3) is 0.333. The second kappa shape index (κ2) is 7.08. The summed E-state index contributed by atoms with van der Waals surface area (Å²) in [5.41, 5.74) is 10.5. The minimum atomic E-state index is -0.104. The van der Waals surface area contributed by atoms with Crippen LogP contribution >= 0.6 is 11.3 Å². The maximum Gasteiger partial charge on any atom is 0.263 e. The number of rotatable bonds is 4. The van der Waals surface area contributed by atoms with Crippen LogP contribution in [0.1, 0.15) is 39.8 Å². The Morgan fingerprint density at radius 2 is 2.15 bits per heavy atom. The average Bonchev–Trinajstić information content (AvgIpc) is 2.97. The number of anilines is 1. The van der Waals surface area contributed by atoms with Crippen molar-refractivity contribution in [3.63, 3.8) is 0 Å². The van der Waals surface area contributed by atoms with Gasteiger partial charge in [-0.25, -0.2) is 4.98 Å². The van der Waals surface area contributed by atoms with Gasteiger partial charge >= 0.3 is 0 Å². The Bertz CT molecular complexity index is 949. The van der Waals surface area contributed by atoms with Crippen LogP contribution < -0.4 is 11.1 Å². The molecule has 2 aromatic heterocycles. The molecule has 0 fully saturated rings. The van der Waals surface area contributed by atoms with Crippen LogP contribution in [0, 0.1) is 5.92 Å². The number of pyridine rings is 1. The molecule has 134 valence electrons. The van der Waals surface area contributed by atoms with E-state index in [9.17, 15) is 4.79 Å². The van der Waals surface area contributed by atoms with Crippen LogP contribution in [0.5, 0.6) is 0 Å². The highest BCUT2D eigenvalue weighted by molar-refractivity contribution is 7.21. The van der Waals surface area contributed by atoms with E-state index in [1.807, 2.05) is 18.2 Å². The van der Waals surface area contributed by atoms with Crippen LogP contribution in [0.25, 0.3) is 10.2 Å². The number of nitrogens with zero attached hydrogens (tertiary/aromatic N) is 1. The van der Waals surface area contributed by atoms with Crippen molar-refractivity contribution in [1.29, 1.82) is 0 Å². The second-order valence-corrected chi connectivity index (χ2v) is 8.13. The van der Waals surface area contributed by atoms with E-state index < -0.39 is 0 Å². The van der Waals surface area contributed by atoms with Crippen molar-refractivity contribution in [2.45, 2.75) is 32.6 Å². The summed E-state index contributed by atoms with van der Waals surface area (Å²) in [7, 11) is 0. The van der Waals surface area contributed by atoms with Crippen LogP contribution in [-0.2, 0) is 19.3 Å². The van der Waals surface area contributed by atoms with E-state index in [-0.39, 0.29) is 5.91 Å². The number of fused-ring (bicyclic) bond motifs is 2. The van der Waals surface area contributed by atoms with Crippen molar-refractivity contribution in [3.05, 3.63) is 58.1 Å². The number of thiophene rings is 1. The molecule has 0 bridgehead atoms. The van der Waals surface area contributed by atoms with Gasteiger partial charge < -0.3 is 11.1 Å². The van der Waals surface area contributed by atoms with E-state index in [1.54, 1.807) is 0 Å². The van der Waals surface area contributed by atoms with Crippen LogP contribution in [0.4, 0.5) is 5.69 Å². The normalized spacial score (nSPS) is 16.4. The highest BCUT2D eigenvalue weighted by Crippen LogP contribution is 2.36. The average molecular weight is 366 g/mol. The van der Waals surface area contributed by atoms with E-state index in [1.165, 1.54) is 34.6 Å². The van der Waals surface area contributed by atoms with Gasteiger partial charge in [0.2, 0.25) is 0 Å². The fourth-order valence-electron chi connectivity index (χ4n) is 3.59. The van der Waals surface area contributed by atoms with Crippen molar-refractivity contribution in [2.75, 3.05) is 12.3 Å². The lowest BCUT2D eigenvalue weighted by Gasteiger charge is -2.20. The molecule has 1 unspecified atom stereocenters. The molecule has 1 atom stereocenters. The molecule has 1 aliphatic carbocycles. The predicted molar refractivity (Wildman–Crippen MR) is 108 cm³/mol. The fourth-order valence-corrected chi connectivity index (χ4v) is 4.60. The summed E-state index contributed by atoms with van der Waals surface area (Å²) in [5, 5.41) is 3.92. The number of aromatic nitrogens is 1. The van der Waals surface area contributed by atoms with Crippen molar-refractivity contribution < 1.29 is 4.79 Å². The number of hydrogen-bond donors (Lipinski definition) is 2. The molecule has 3 aromatic rings. The monoisotopic (exact) mass is 365 g/mol.